The largest absolute Gasteiger partial charge is 0.452 e. The normalized spacial score (nSPS) is 36.5. The van der Waals surface area contributed by atoms with Gasteiger partial charge in [-0.25, -0.2) is 0 Å². The first kappa shape index (κ1) is 27.3. The molecule has 0 aromatic heterocycles. The Morgan fingerprint density at radius 2 is 1.74 bits per heavy atom. The second-order valence-electron chi connectivity index (χ2n) is 10.9. The molecule has 0 radical (unpaired) electrons. The minimum absolute atomic E-state index is 0.120. The topological polar surface area (TPSA) is 125 Å². The number of ether oxygens (including phenoxy) is 2. The quantitative estimate of drug-likeness (QED) is 0.430. The van der Waals surface area contributed by atoms with E-state index in [1.807, 2.05) is 19.9 Å². The van der Waals surface area contributed by atoms with Crippen LogP contribution in [-0.2, 0) is 23.9 Å². The summed E-state index contributed by atoms with van der Waals surface area (Å²) >= 11 is 0. The average Bonchev–Trinajstić information content (AvgIpc) is 3.45. The maximum absolute atomic E-state index is 13.2. The Hall–Kier alpha value is -2.29. The molecule has 0 bridgehead atoms. The van der Waals surface area contributed by atoms with Gasteiger partial charge in [-0.3, -0.25) is 14.4 Å². The van der Waals surface area contributed by atoms with Crippen LogP contribution in [0.2, 0.25) is 0 Å². The van der Waals surface area contributed by atoms with Crippen LogP contribution >= 0.6 is 0 Å². The van der Waals surface area contributed by atoms with Crippen molar-refractivity contribution in [2.45, 2.75) is 96.7 Å². The Bertz CT molecular complexity index is 917. The fourth-order valence-electron chi connectivity index (χ4n) is 4.92. The van der Waals surface area contributed by atoms with Crippen LogP contribution in [0.15, 0.2) is 30.3 Å². The number of aliphatic hydroxyl groups excluding tert-OH is 2. The number of esters is 1. The number of aliphatic hydroxyl groups is 2. The van der Waals surface area contributed by atoms with Gasteiger partial charge in [0.05, 0.1) is 35.7 Å². The molecule has 0 spiro atoms. The van der Waals surface area contributed by atoms with Gasteiger partial charge in [-0.15, -0.1) is 0 Å². The highest BCUT2D eigenvalue weighted by atomic mass is 16.6. The molecule has 3 rings (SSSR count). The van der Waals surface area contributed by atoms with Crippen LogP contribution in [0.5, 0.6) is 0 Å². The number of carbonyl (C=O) groups excluding carboxylic acids is 3. The van der Waals surface area contributed by atoms with E-state index in [1.165, 1.54) is 0 Å². The summed E-state index contributed by atoms with van der Waals surface area (Å²) in [4.78, 5) is 39.0. The molecule has 2 saturated heterocycles. The third-order valence-corrected chi connectivity index (χ3v) is 7.74. The number of epoxide rings is 1. The zero-order valence-corrected chi connectivity index (χ0v) is 21.3. The van der Waals surface area contributed by atoms with E-state index < -0.39 is 53.5 Å². The summed E-state index contributed by atoms with van der Waals surface area (Å²) in [6.07, 6.45) is -1.60. The maximum atomic E-state index is 13.2. The lowest BCUT2D eigenvalue weighted by molar-refractivity contribution is -0.159. The van der Waals surface area contributed by atoms with Gasteiger partial charge in [0.15, 0.2) is 6.10 Å². The summed E-state index contributed by atoms with van der Waals surface area (Å²) in [5, 5.41) is 24.3. The SMILES string of the molecule is CC1CCCC2(C)OC2CC(C(=O)Nc2ccccc2)OC(=O)CC(O)C(C)(C)C(=O)C(C)C1O. The van der Waals surface area contributed by atoms with Crippen LogP contribution in [-0.4, -0.2) is 57.9 Å². The van der Waals surface area contributed by atoms with E-state index in [0.29, 0.717) is 12.1 Å². The highest BCUT2D eigenvalue weighted by molar-refractivity contribution is 5.95. The van der Waals surface area contributed by atoms with E-state index in [9.17, 15) is 24.6 Å². The molecule has 2 aliphatic heterocycles. The van der Waals surface area contributed by atoms with Crippen molar-refractivity contribution in [2.24, 2.45) is 17.3 Å². The van der Waals surface area contributed by atoms with Gasteiger partial charge in [0.2, 0.25) is 0 Å². The van der Waals surface area contributed by atoms with Crippen LogP contribution in [0.1, 0.15) is 66.7 Å². The summed E-state index contributed by atoms with van der Waals surface area (Å²) in [6, 6.07) is 8.88. The van der Waals surface area contributed by atoms with Crippen molar-refractivity contribution >= 4 is 23.3 Å². The molecule has 194 valence electrons. The number of fused-ring (bicyclic) bond motifs is 1. The summed E-state index contributed by atoms with van der Waals surface area (Å²) < 4.78 is 11.5. The number of benzene rings is 1. The lowest BCUT2D eigenvalue weighted by atomic mass is 9.73. The van der Waals surface area contributed by atoms with E-state index in [0.717, 1.165) is 12.8 Å². The molecule has 7 unspecified atom stereocenters. The smallest absolute Gasteiger partial charge is 0.309 e. The highest BCUT2D eigenvalue weighted by Gasteiger charge is 2.53. The lowest BCUT2D eigenvalue weighted by Gasteiger charge is -2.34. The number of ketones is 1. The third kappa shape index (κ3) is 6.48. The van der Waals surface area contributed by atoms with E-state index >= 15 is 0 Å². The number of amides is 1. The molecule has 1 aromatic rings. The molecule has 2 aliphatic rings. The molecule has 2 heterocycles. The average molecular weight is 490 g/mol. The number of anilines is 1. The third-order valence-electron chi connectivity index (χ3n) is 7.74. The minimum atomic E-state index is -1.33. The Labute approximate surface area is 207 Å². The molecular weight excluding hydrogens is 450 g/mol. The first-order valence-corrected chi connectivity index (χ1v) is 12.5. The molecule has 1 aromatic carbocycles. The Morgan fingerprint density at radius 3 is 2.40 bits per heavy atom. The molecule has 1 amide bonds. The van der Waals surface area contributed by atoms with Gasteiger partial charge in [0, 0.05) is 18.0 Å². The van der Waals surface area contributed by atoms with Gasteiger partial charge < -0.3 is 25.0 Å². The predicted octanol–water partition coefficient (Wildman–Crippen LogP) is 3.25. The molecule has 7 atom stereocenters. The molecular formula is C27H39NO7. The van der Waals surface area contributed by atoms with Gasteiger partial charge in [-0.2, -0.15) is 0 Å². The zero-order valence-electron chi connectivity index (χ0n) is 21.3. The fraction of sp³-hybridized carbons (Fsp3) is 0.667. The molecule has 0 aliphatic carbocycles. The number of cyclic esters (lactones) is 1. The van der Waals surface area contributed by atoms with Crippen LogP contribution in [0.3, 0.4) is 0 Å². The van der Waals surface area contributed by atoms with Crippen molar-refractivity contribution < 1.29 is 34.1 Å². The van der Waals surface area contributed by atoms with Crippen LogP contribution in [0, 0.1) is 17.3 Å². The van der Waals surface area contributed by atoms with Crippen molar-refractivity contribution in [3.63, 3.8) is 0 Å². The van der Waals surface area contributed by atoms with Gasteiger partial charge in [-0.05, 0) is 37.8 Å². The lowest BCUT2D eigenvalue weighted by Crippen LogP contribution is -2.46. The summed E-state index contributed by atoms with van der Waals surface area (Å²) in [5.74, 6) is -2.39. The number of Topliss-reactive ketones (excluding diaryl/α,β-unsaturated/α-hetero) is 1. The number of hydrogen-bond acceptors (Lipinski definition) is 7. The second-order valence-corrected chi connectivity index (χ2v) is 10.9. The number of rotatable bonds is 2. The van der Waals surface area contributed by atoms with E-state index in [2.05, 4.69) is 5.32 Å². The zero-order chi connectivity index (χ0) is 26.0. The summed E-state index contributed by atoms with van der Waals surface area (Å²) in [6.45, 7) is 8.66. The maximum Gasteiger partial charge on any atom is 0.309 e. The van der Waals surface area contributed by atoms with Crippen molar-refractivity contribution in [3.8, 4) is 0 Å². The Balaban J connectivity index is 1.81. The standard InChI is InChI=1S/C27H39NO7/c1-16-10-9-13-27(5)21(35-27)14-19(25(33)28-18-11-7-6-8-12-18)34-22(30)15-20(29)26(3,4)24(32)17(2)23(16)31/h6-8,11-12,16-17,19-21,23,29,31H,9-10,13-15H2,1-5H3,(H,28,33). The van der Waals surface area contributed by atoms with Gasteiger partial charge in [0.1, 0.15) is 5.78 Å². The van der Waals surface area contributed by atoms with Crippen molar-refractivity contribution in [1.29, 1.82) is 0 Å². The molecule has 2 fully saturated rings. The van der Waals surface area contributed by atoms with Crippen LogP contribution < -0.4 is 5.32 Å². The van der Waals surface area contributed by atoms with Crippen molar-refractivity contribution in [3.05, 3.63) is 30.3 Å². The van der Waals surface area contributed by atoms with Crippen LogP contribution in [0.4, 0.5) is 5.69 Å². The Morgan fingerprint density at radius 1 is 1.09 bits per heavy atom. The molecule has 0 saturated carbocycles. The summed E-state index contributed by atoms with van der Waals surface area (Å²) in [7, 11) is 0. The van der Waals surface area contributed by atoms with E-state index in [1.54, 1.807) is 45.0 Å². The van der Waals surface area contributed by atoms with Gasteiger partial charge in [0.25, 0.3) is 5.91 Å². The monoisotopic (exact) mass is 489 g/mol. The number of carbonyl (C=O) groups is 3. The summed E-state index contributed by atoms with van der Waals surface area (Å²) in [5.41, 5.74) is -1.15. The van der Waals surface area contributed by atoms with Crippen molar-refractivity contribution in [2.75, 3.05) is 5.32 Å². The minimum Gasteiger partial charge on any atom is -0.452 e. The molecule has 8 nitrogen and oxygen atoms in total. The van der Waals surface area contributed by atoms with E-state index in [4.69, 9.17) is 9.47 Å². The number of hydrogen-bond donors (Lipinski definition) is 3. The molecule has 8 heteroatoms. The number of nitrogens with one attached hydrogen (secondary N) is 1. The molecule has 35 heavy (non-hydrogen) atoms. The first-order chi connectivity index (χ1) is 16.3. The first-order valence-electron chi connectivity index (χ1n) is 12.5. The second kappa shape index (κ2) is 10.8. The van der Waals surface area contributed by atoms with Crippen LogP contribution in [0.25, 0.3) is 0 Å². The highest BCUT2D eigenvalue weighted by Crippen LogP contribution is 2.44. The molecule has 3 N–H and O–H groups in total. The Kier molecular flexibility index (Phi) is 8.40. The van der Waals surface area contributed by atoms with Crippen molar-refractivity contribution in [1.82, 2.24) is 0 Å². The van der Waals surface area contributed by atoms with Gasteiger partial charge in [-0.1, -0.05) is 52.3 Å². The number of para-hydroxylation sites is 1. The predicted molar refractivity (Wildman–Crippen MR) is 130 cm³/mol. The van der Waals surface area contributed by atoms with Gasteiger partial charge >= 0.3 is 5.97 Å². The van der Waals surface area contributed by atoms with E-state index in [-0.39, 0.29) is 24.2 Å². The fourth-order valence-corrected chi connectivity index (χ4v) is 4.92.